The van der Waals surface area contributed by atoms with Crippen LogP contribution in [0.15, 0.2) is 30.5 Å². The van der Waals surface area contributed by atoms with Gasteiger partial charge in [-0.2, -0.15) is 5.10 Å². The summed E-state index contributed by atoms with van der Waals surface area (Å²) in [5.74, 6) is 0.345. The van der Waals surface area contributed by atoms with Crippen molar-refractivity contribution >= 4 is 11.6 Å². The molecular formula is C16H20N4O. The predicted molar refractivity (Wildman–Crippen MR) is 82.1 cm³/mol. The fourth-order valence-corrected chi connectivity index (χ4v) is 2.85. The lowest BCUT2D eigenvalue weighted by molar-refractivity contribution is -0.121. The summed E-state index contributed by atoms with van der Waals surface area (Å²) in [6.07, 6.45) is 2.46. The Balaban J connectivity index is 1.57. The van der Waals surface area contributed by atoms with E-state index in [9.17, 15) is 4.79 Å². The summed E-state index contributed by atoms with van der Waals surface area (Å²) >= 11 is 0. The second-order valence-corrected chi connectivity index (χ2v) is 5.56. The summed E-state index contributed by atoms with van der Waals surface area (Å²) in [6.45, 7) is 3.33. The number of hydrogen-bond donors (Lipinski definition) is 2. The first kappa shape index (κ1) is 13.7. The number of benzene rings is 1. The molecule has 2 aromatic rings. The van der Waals surface area contributed by atoms with Gasteiger partial charge < -0.3 is 10.6 Å². The van der Waals surface area contributed by atoms with Gasteiger partial charge in [-0.25, -0.2) is 0 Å². The SMILES string of the molecule is Cc1nn(C)cc1CNC(=O)CC1CNc2ccccc21. The molecule has 21 heavy (non-hydrogen) atoms. The maximum Gasteiger partial charge on any atom is 0.220 e. The Hall–Kier alpha value is -2.30. The molecule has 3 rings (SSSR count). The zero-order valence-electron chi connectivity index (χ0n) is 12.4. The molecule has 0 fully saturated rings. The lowest BCUT2D eigenvalue weighted by Gasteiger charge is -2.10. The van der Waals surface area contributed by atoms with Crippen molar-refractivity contribution in [3.63, 3.8) is 0 Å². The minimum atomic E-state index is 0.0850. The third kappa shape index (κ3) is 2.91. The van der Waals surface area contributed by atoms with Crippen LogP contribution in [0.4, 0.5) is 5.69 Å². The first-order valence-electron chi connectivity index (χ1n) is 7.22. The fourth-order valence-electron chi connectivity index (χ4n) is 2.85. The molecular weight excluding hydrogens is 264 g/mol. The molecule has 0 radical (unpaired) electrons. The highest BCUT2D eigenvalue weighted by Crippen LogP contribution is 2.32. The van der Waals surface area contributed by atoms with E-state index in [1.807, 2.05) is 32.3 Å². The molecule has 0 saturated heterocycles. The van der Waals surface area contributed by atoms with Crippen LogP contribution in [-0.4, -0.2) is 22.2 Å². The van der Waals surface area contributed by atoms with Gasteiger partial charge in [0, 0.05) is 49.9 Å². The van der Waals surface area contributed by atoms with E-state index in [2.05, 4.69) is 27.9 Å². The van der Waals surface area contributed by atoms with Crippen LogP contribution in [0.2, 0.25) is 0 Å². The van der Waals surface area contributed by atoms with E-state index in [1.54, 1.807) is 4.68 Å². The summed E-state index contributed by atoms with van der Waals surface area (Å²) in [6, 6.07) is 8.19. The van der Waals surface area contributed by atoms with Gasteiger partial charge in [-0.1, -0.05) is 18.2 Å². The third-order valence-corrected chi connectivity index (χ3v) is 3.96. The summed E-state index contributed by atoms with van der Waals surface area (Å²) < 4.78 is 1.77. The minimum absolute atomic E-state index is 0.0850. The maximum absolute atomic E-state index is 12.1. The van der Waals surface area contributed by atoms with Gasteiger partial charge in [0.25, 0.3) is 0 Å². The lowest BCUT2D eigenvalue weighted by Crippen LogP contribution is -2.25. The number of aryl methyl sites for hydroxylation is 2. The number of para-hydroxylation sites is 1. The van der Waals surface area contributed by atoms with Crippen LogP contribution in [0.1, 0.15) is 29.2 Å². The molecule has 5 nitrogen and oxygen atoms in total. The lowest BCUT2D eigenvalue weighted by atomic mass is 9.97. The zero-order valence-corrected chi connectivity index (χ0v) is 12.4. The summed E-state index contributed by atoms with van der Waals surface area (Å²) in [5.41, 5.74) is 4.42. The van der Waals surface area contributed by atoms with Gasteiger partial charge >= 0.3 is 0 Å². The van der Waals surface area contributed by atoms with E-state index < -0.39 is 0 Å². The molecule has 1 aromatic heterocycles. The molecule has 0 aliphatic carbocycles. The van der Waals surface area contributed by atoms with Crippen molar-refractivity contribution in [1.29, 1.82) is 0 Å². The Morgan fingerprint density at radius 3 is 3.05 bits per heavy atom. The largest absolute Gasteiger partial charge is 0.384 e. The predicted octanol–water partition coefficient (Wildman–Crippen LogP) is 1.94. The molecule has 0 bridgehead atoms. The smallest absolute Gasteiger partial charge is 0.220 e. The molecule has 1 amide bonds. The molecule has 1 aliphatic heterocycles. The van der Waals surface area contributed by atoms with Crippen molar-refractivity contribution in [3.8, 4) is 0 Å². The highest BCUT2D eigenvalue weighted by atomic mass is 16.1. The Morgan fingerprint density at radius 2 is 2.29 bits per heavy atom. The Kier molecular flexibility index (Phi) is 3.64. The van der Waals surface area contributed by atoms with Crippen LogP contribution in [-0.2, 0) is 18.4 Å². The van der Waals surface area contributed by atoms with Crippen molar-refractivity contribution in [2.24, 2.45) is 7.05 Å². The highest BCUT2D eigenvalue weighted by molar-refractivity contribution is 5.78. The monoisotopic (exact) mass is 284 g/mol. The van der Waals surface area contributed by atoms with Gasteiger partial charge in [0.15, 0.2) is 0 Å². The first-order valence-corrected chi connectivity index (χ1v) is 7.22. The van der Waals surface area contributed by atoms with Crippen LogP contribution in [0.3, 0.4) is 0 Å². The van der Waals surface area contributed by atoms with Crippen molar-refractivity contribution in [1.82, 2.24) is 15.1 Å². The Labute approximate surface area is 124 Å². The van der Waals surface area contributed by atoms with Crippen molar-refractivity contribution in [3.05, 3.63) is 47.3 Å². The quantitative estimate of drug-likeness (QED) is 0.902. The van der Waals surface area contributed by atoms with Gasteiger partial charge in [0.05, 0.1) is 5.69 Å². The number of anilines is 1. The molecule has 1 atom stereocenters. The number of carbonyl (C=O) groups excluding carboxylic acids is 1. The van der Waals surface area contributed by atoms with Crippen LogP contribution in [0, 0.1) is 6.92 Å². The van der Waals surface area contributed by atoms with Crippen LogP contribution in [0.25, 0.3) is 0 Å². The number of nitrogens with zero attached hydrogens (tertiary/aromatic N) is 2. The normalized spacial score (nSPS) is 16.4. The van der Waals surface area contributed by atoms with Crippen LogP contribution in [0.5, 0.6) is 0 Å². The van der Waals surface area contributed by atoms with E-state index in [-0.39, 0.29) is 11.8 Å². The average Bonchev–Trinajstić information content (AvgIpc) is 3.00. The standard InChI is InChI=1S/C16H20N4O/c1-11-13(10-20(2)19-11)9-18-16(21)7-12-8-17-15-6-4-3-5-14(12)15/h3-6,10,12,17H,7-9H2,1-2H3,(H,18,21). The third-order valence-electron chi connectivity index (χ3n) is 3.96. The number of nitrogens with one attached hydrogen (secondary N) is 2. The molecule has 1 aromatic carbocycles. The van der Waals surface area contributed by atoms with Gasteiger partial charge in [-0.15, -0.1) is 0 Å². The van der Waals surface area contributed by atoms with Crippen molar-refractivity contribution in [2.75, 3.05) is 11.9 Å². The fraction of sp³-hybridized carbons (Fsp3) is 0.375. The van der Waals surface area contributed by atoms with Gasteiger partial charge in [-0.05, 0) is 18.6 Å². The molecule has 110 valence electrons. The zero-order chi connectivity index (χ0) is 14.8. The highest BCUT2D eigenvalue weighted by Gasteiger charge is 2.23. The van der Waals surface area contributed by atoms with E-state index in [1.165, 1.54) is 5.56 Å². The molecule has 0 saturated carbocycles. The Morgan fingerprint density at radius 1 is 1.48 bits per heavy atom. The van der Waals surface area contributed by atoms with Crippen molar-refractivity contribution in [2.45, 2.75) is 25.8 Å². The molecule has 0 spiro atoms. The van der Waals surface area contributed by atoms with Gasteiger partial charge in [-0.3, -0.25) is 9.48 Å². The number of amides is 1. The number of aromatic nitrogens is 2. The molecule has 2 N–H and O–H groups in total. The number of fused-ring (bicyclic) bond motifs is 1. The van der Waals surface area contributed by atoms with E-state index in [0.29, 0.717) is 13.0 Å². The number of carbonyl (C=O) groups is 1. The molecule has 1 unspecified atom stereocenters. The average molecular weight is 284 g/mol. The van der Waals surface area contributed by atoms with Crippen LogP contribution < -0.4 is 10.6 Å². The van der Waals surface area contributed by atoms with Gasteiger partial charge in [0.2, 0.25) is 5.91 Å². The molecule has 5 heteroatoms. The van der Waals surface area contributed by atoms with Crippen LogP contribution >= 0.6 is 0 Å². The molecule has 2 heterocycles. The first-order chi connectivity index (χ1) is 10.1. The topological polar surface area (TPSA) is 59.0 Å². The van der Waals surface area contributed by atoms with Crippen molar-refractivity contribution < 1.29 is 4.79 Å². The minimum Gasteiger partial charge on any atom is -0.384 e. The summed E-state index contributed by atoms with van der Waals surface area (Å²) in [7, 11) is 1.89. The van der Waals surface area contributed by atoms with Gasteiger partial charge in [0.1, 0.15) is 0 Å². The number of rotatable bonds is 4. The summed E-state index contributed by atoms with van der Waals surface area (Å²) in [4.78, 5) is 12.1. The van der Waals surface area contributed by atoms with E-state index in [4.69, 9.17) is 0 Å². The second kappa shape index (κ2) is 5.60. The second-order valence-electron chi connectivity index (χ2n) is 5.56. The van der Waals surface area contributed by atoms with E-state index in [0.717, 1.165) is 23.5 Å². The molecule has 1 aliphatic rings. The maximum atomic E-state index is 12.1. The Bertz CT molecular complexity index is 662. The summed E-state index contributed by atoms with van der Waals surface area (Å²) in [5, 5.41) is 10.6. The van der Waals surface area contributed by atoms with E-state index >= 15 is 0 Å². The number of hydrogen-bond acceptors (Lipinski definition) is 3.